The molecule has 0 atom stereocenters. The number of hydrogen-bond donors (Lipinski definition) is 0. The Kier molecular flexibility index (Phi) is 32.5. The zero-order valence-corrected chi connectivity index (χ0v) is 9.16. The number of allylic oxidation sites excluding steroid dienone is 1. The molecule has 4 nitrogen and oxygen atoms in total. The van der Waals surface area contributed by atoms with Crippen LogP contribution in [0.2, 0.25) is 0 Å². The van der Waals surface area contributed by atoms with Crippen molar-refractivity contribution in [2.24, 2.45) is 0 Å². The van der Waals surface area contributed by atoms with Crippen LogP contribution >= 0.6 is 0 Å². The van der Waals surface area contributed by atoms with Gasteiger partial charge in [0.25, 0.3) is 0 Å². The topological polar surface area (TPSA) is 92.2 Å². The summed E-state index contributed by atoms with van der Waals surface area (Å²) in [6.07, 6.45) is 0.500. The molecule has 72 valence electrons. The molecule has 0 unspecified atom stereocenters. The first-order valence-electron chi connectivity index (χ1n) is 2.64. The van der Waals surface area contributed by atoms with E-state index in [9.17, 15) is 10.2 Å². The minimum Gasteiger partial charge on any atom is -0.879 e. The molecule has 2 radical (unpaired) electrons. The largest absolute Gasteiger partial charge is 2.00 e. The minimum absolute atomic E-state index is 0. The van der Waals surface area contributed by atoms with Gasteiger partial charge in [0.2, 0.25) is 0 Å². The van der Waals surface area contributed by atoms with Gasteiger partial charge in [0.05, 0.1) is 0 Å². The molecule has 0 amide bonds. The van der Waals surface area contributed by atoms with Gasteiger partial charge >= 0.3 is 17.1 Å². The van der Waals surface area contributed by atoms with Gasteiger partial charge in [-0.25, -0.2) is 5.71 Å². The maximum absolute atomic E-state index is 9.34. The van der Waals surface area contributed by atoms with Gasteiger partial charge in [0.1, 0.15) is 0 Å². The fraction of sp³-hybridized carbons (Fsp3) is 0.500. The van der Waals surface area contributed by atoms with Gasteiger partial charge in [-0.2, -0.15) is 12.0 Å². The van der Waals surface area contributed by atoms with Crippen molar-refractivity contribution in [3.8, 4) is 0 Å². The number of nitrogens with zero attached hydrogens (tertiary/aromatic N) is 1. The fourth-order valence-corrected chi connectivity index (χ4v) is 0. The van der Waals surface area contributed by atoms with Crippen LogP contribution in [0.25, 0.3) is 11.1 Å². The van der Waals surface area contributed by atoms with Gasteiger partial charge in [-0.05, 0) is 0 Å². The molecule has 0 aromatic rings. The fourth-order valence-electron chi connectivity index (χ4n) is 0. The summed E-state index contributed by atoms with van der Waals surface area (Å²) in [5, 5.41) is 26.6. The molecule has 0 aliphatic heterocycles. The summed E-state index contributed by atoms with van der Waals surface area (Å²) in [5.74, 6) is 0. The van der Waals surface area contributed by atoms with E-state index in [2.05, 4.69) is 0 Å². The van der Waals surface area contributed by atoms with Gasteiger partial charge < -0.3 is 21.4 Å². The van der Waals surface area contributed by atoms with Crippen molar-refractivity contribution in [3.63, 3.8) is 0 Å². The van der Waals surface area contributed by atoms with Crippen LogP contribution in [0.5, 0.6) is 0 Å². The van der Waals surface area contributed by atoms with E-state index in [1.54, 1.807) is 0 Å². The van der Waals surface area contributed by atoms with E-state index in [4.69, 9.17) is 11.1 Å². The van der Waals surface area contributed by atoms with Crippen molar-refractivity contribution in [2.75, 3.05) is 6.61 Å². The third-order valence-electron chi connectivity index (χ3n) is 0.386. The summed E-state index contributed by atoms with van der Waals surface area (Å²) >= 11 is 0. The molecule has 0 bridgehead atoms. The molecule has 0 aromatic carbocycles. The van der Waals surface area contributed by atoms with E-state index in [0.717, 1.165) is 0 Å². The molecule has 6 heteroatoms. The smallest absolute Gasteiger partial charge is 0.879 e. The Morgan fingerprint density at radius 3 is 1.67 bits per heavy atom. The summed E-state index contributed by atoms with van der Waals surface area (Å²) in [5.41, 5.74) is 6.40. The Labute approximate surface area is 93.7 Å². The van der Waals surface area contributed by atoms with Gasteiger partial charge in [-0.15, -0.1) is 6.61 Å². The second kappa shape index (κ2) is 17.2. The second-order valence-electron chi connectivity index (χ2n) is 1.68. The van der Waals surface area contributed by atoms with E-state index >= 15 is 0 Å². The molecule has 12 heavy (non-hydrogen) atoms. The van der Waals surface area contributed by atoms with E-state index < -0.39 is 6.61 Å². The quantitative estimate of drug-likeness (QED) is 0.362. The minimum atomic E-state index is -0.472. The van der Waals surface area contributed by atoms with Crippen molar-refractivity contribution in [2.45, 2.75) is 13.8 Å². The first kappa shape index (κ1) is 22.7. The van der Waals surface area contributed by atoms with Crippen LogP contribution in [-0.4, -0.2) is 12.3 Å². The normalized spacial score (nSPS) is 8.08. The van der Waals surface area contributed by atoms with Crippen molar-refractivity contribution in [1.82, 2.24) is 0 Å². The van der Waals surface area contributed by atoms with Gasteiger partial charge in [-0.3, -0.25) is 0 Å². The van der Waals surface area contributed by atoms with Crippen LogP contribution in [0.4, 0.5) is 0 Å². The van der Waals surface area contributed by atoms with Crippen LogP contribution in [0, 0.1) is 0 Å². The number of nitrogens with one attached hydrogen (secondary N) is 1. The van der Waals surface area contributed by atoms with Crippen LogP contribution in [-0.2, 0) is 34.1 Å². The van der Waals surface area contributed by atoms with E-state index in [0.29, 0.717) is 6.26 Å². The molecule has 0 saturated heterocycles. The van der Waals surface area contributed by atoms with Gasteiger partial charge in [0, 0.05) is 17.1 Å². The Bertz CT molecular complexity index is 125. The molecule has 0 fully saturated rings. The predicted molar refractivity (Wildman–Crippen MR) is 37.0 cm³/mol. The summed E-state index contributed by atoms with van der Waals surface area (Å²) in [6, 6.07) is 0. The summed E-state index contributed by atoms with van der Waals surface area (Å²) in [7, 11) is 0. The van der Waals surface area contributed by atoms with Crippen molar-refractivity contribution >= 4 is 5.71 Å². The van der Waals surface area contributed by atoms with Crippen molar-refractivity contribution < 1.29 is 44.4 Å². The average molecular weight is 252 g/mol. The Balaban J connectivity index is -0.0000000457. The second-order valence-corrected chi connectivity index (χ2v) is 1.68. The zero-order valence-electron chi connectivity index (χ0n) is 6.80. The van der Waals surface area contributed by atoms with Gasteiger partial charge in [0.15, 0.2) is 0 Å². The van der Waals surface area contributed by atoms with E-state index in [1.807, 2.05) is 0 Å². The summed E-state index contributed by atoms with van der Waals surface area (Å²) in [4.78, 5) is 0. The third-order valence-corrected chi connectivity index (χ3v) is 0.386. The monoisotopic (exact) mass is 252 g/mol. The molecule has 0 spiro atoms. The molecule has 1 N–H and O–H groups in total. The molecule has 0 aliphatic carbocycles. The number of rotatable bonds is 1. The molecular weight excluding hydrogens is 242 g/mol. The molecule has 0 heterocycles. The molecule has 0 saturated carbocycles. The standard InChI is InChI=1S/C3H6NO.C3H5NO.2Mn/c2*1-3(4)2-5;;/h2,4-5H,1H3;2H2,1H3;;/q-1;-2;;+2/p-1. The Morgan fingerprint density at radius 2 is 1.67 bits per heavy atom. The number of hydrogen-bond acceptors (Lipinski definition) is 2. The molecule has 0 aliphatic rings. The van der Waals surface area contributed by atoms with E-state index in [1.165, 1.54) is 13.8 Å². The van der Waals surface area contributed by atoms with E-state index in [-0.39, 0.29) is 45.5 Å². The van der Waals surface area contributed by atoms with Crippen LogP contribution in [0.3, 0.4) is 0 Å². The Hall–Kier alpha value is 0.00896. The molecule has 0 aromatic heterocycles. The SMILES string of the molecule is CC(=[N-])C[O-].CC([NH-])=C[O-].[Mn+2].[Mn]. The maximum atomic E-state index is 9.34. The van der Waals surface area contributed by atoms with Crippen LogP contribution in [0.1, 0.15) is 13.8 Å². The van der Waals surface area contributed by atoms with Crippen molar-refractivity contribution in [3.05, 3.63) is 23.1 Å². The van der Waals surface area contributed by atoms with Crippen molar-refractivity contribution in [1.29, 1.82) is 0 Å². The summed E-state index contributed by atoms with van der Waals surface area (Å²) in [6.45, 7) is 2.35. The predicted octanol–water partition coefficient (Wildman–Crippen LogP) is -0.368. The van der Waals surface area contributed by atoms with Crippen LogP contribution in [0.15, 0.2) is 12.0 Å². The molecular formula is C6H10Mn2N2O2-2. The molecule has 0 rings (SSSR count). The third kappa shape index (κ3) is 50.5. The Morgan fingerprint density at radius 1 is 1.50 bits per heavy atom. The average Bonchev–Trinajstić information content (AvgIpc) is 1.89. The maximum Gasteiger partial charge on any atom is 2.00 e. The summed E-state index contributed by atoms with van der Waals surface area (Å²) < 4.78 is 0. The van der Waals surface area contributed by atoms with Gasteiger partial charge in [-0.1, -0.05) is 13.8 Å². The zero-order chi connectivity index (χ0) is 8.57. The van der Waals surface area contributed by atoms with Crippen LogP contribution < -0.4 is 10.2 Å². The first-order valence-corrected chi connectivity index (χ1v) is 2.64. The first-order chi connectivity index (χ1) is 4.54.